The van der Waals surface area contributed by atoms with Gasteiger partial charge >= 0.3 is 12.1 Å². The molecule has 1 aliphatic rings. The van der Waals surface area contributed by atoms with Gasteiger partial charge < -0.3 is 10.4 Å². The van der Waals surface area contributed by atoms with E-state index in [2.05, 4.69) is 5.32 Å². The van der Waals surface area contributed by atoms with Crippen LogP contribution in [0.4, 0.5) is 13.2 Å². The average molecular weight is 301 g/mol. The Bertz CT molecular complexity index is 502. The molecule has 0 spiro atoms. The number of alkyl halides is 3. The van der Waals surface area contributed by atoms with Crippen LogP contribution in [0.3, 0.4) is 0 Å². The molecule has 21 heavy (non-hydrogen) atoms. The highest BCUT2D eigenvalue weighted by Gasteiger charge is 2.38. The van der Waals surface area contributed by atoms with Gasteiger partial charge in [-0.2, -0.15) is 13.2 Å². The van der Waals surface area contributed by atoms with E-state index in [9.17, 15) is 18.0 Å². The van der Waals surface area contributed by atoms with Gasteiger partial charge in [-0.05, 0) is 30.4 Å². The van der Waals surface area contributed by atoms with Crippen LogP contribution in [0.25, 0.3) is 0 Å². The lowest BCUT2D eigenvalue weighted by Crippen LogP contribution is -2.33. The number of halogens is 3. The molecule has 2 N–H and O–H groups in total. The molecule has 1 aromatic rings. The van der Waals surface area contributed by atoms with Crippen LogP contribution in [0, 0.1) is 0 Å². The number of carboxylic acid groups (broad SMARTS) is 1. The van der Waals surface area contributed by atoms with E-state index in [1.54, 1.807) is 6.07 Å². The fourth-order valence-electron chi connectivity index (χ4n) is 3.02. The van der Waals surface area contributed by atoms with E-state index in [4.69, 9.17) is 5.11 Å². The summed E-state index contributed by atoms with van der Waals surface area (Å²) in [6, 6.07) is 5.57. The van der Waals surface area contributed by atoms with E-state index in [1.807, 2.05) is 0 Å². The Hall–Kier alpha value is -1.56. The molecular formula is C15H18F3NO2. The van der Waals surface area contributed by atoms with Gasteiger partial charge in [0, 0.05) is 12.6 Å². The lowest BCUT2D eigenvalue weighted by molar-refractivity contribution is -0.138. The molecule has 2 rings (SSSR count). The van der Waals surface area contributed by atoms with Crippen molar-refractivity contribution in [3.63, 3.8) is 0 Å². The Morgan fingerprint density at radius 1 is 1.29 bits per heavy atom. The van der Waals surface area contributed by atoms with E-state index in [-0.39, 0.29) is 24.9 Å². The van der Waals surface area contributed by atoms with Crippen LogP contribution in [0.5, 0.6) is 0 Å². The Balaban J connectivity index is 2.15. The normalized spacial score (nSPS) is 22.4. The molecule has 2 unspecified atom stereocenters. The molecule has 1 aliphatic carbocycles. The van der Waals surface area contributed by atoms with Crippen LogP contribution >= 0.6 is 0 Å². The van der Waals surface area contributed by atoms with Crippen LogP contribution in [0.1, 0.15) is 42.7 Å². The topological polar surface area (TPSA) is 49.3 Å². The van der Waals surface area contributed by atoms with Gasteiger partial charge in [-0.15, -0.1) is 0 Å². The minimum absolute atomic E-state index is 0.0237. The molecule has 0 heterocycles. The molecule has 0 aliphatic heterocycles. The summed E-state index contributed by atoms with van der Waals surface area (Å²) < 4.78 is 39.3. The van der Waals surface area contributed by atoms with Gasteiger partial charge in [0.25, 0.3) is 0 Å². The van der Waals surface area contributed by atoms with Crippen LogP contribution < -0.4 is 5.32 Å². The molecule has 1 saturated carbocycles. The van der Waals surface area contributed by atoms with Gasteiger partial charge in [0.1, 0.15) is 0 Å². The summed E-state index contributed by atoms with van der Waals surface area (Å²) >= 11 is 0. The lowest BCUT2D eigenvalue weighted by atomic mass is 9.89. The highest BCUT2D eigenvalue weighted by atomic mass is 19.4. The van der Waals surface area contributed by atoms with Crippen molar-refractivity contribution >= 4 is 5.97 Å². The molecule has 0 radical (unpaired) electrons. The number of carbonyl (C=O) groups is 1. The average Bonchev–Trinajstić information content (AvgIpc) is 2.85. The Morgan fingerprint density at radius 2 is 2.00 bits per heavy atom. The summed E-state index contributed by atoms with van der Waals surface area (Å²) in [5, 5.41) is 11.7. The molecule has 0 saturated heterocycles. The number of hydrogen-bond donors (Lipinski definition) is 2. The monoisotopic (exact) mass is 301 g/mol. The van der Waals surface area contributed by atoms with Gasteiger partial charge in [-0.25, -0.2) is 0 Å². The Kier molecular flexibility index (Phi) is 4.88. The first-order chi connectivity index (χ1) is 9.89. The zero-order valence-corrected chi connectivity index (χ0v) is 11.5. The Morgan fingerprint density at radius 3 is 2.67 bits per heavy atom. The van der Waals surface area contributed by atoms with Gasteiger partial charge in [-0.3, -0.25) is 4.79 Å². The summed E-state index contributed by atoms with van der Waals surface area (Å²) in [5.41, 5.74) is -0.266. The SMILES string of the molecule is O=C(O)CCNC1CCCC1c1ccccc1C(F)(F)F. The van der Waals surface area contributed by atoms with Crippen LogP contribution in [0.15, 0.2) is 24.3 Å². The second kappa shape index (κ2) is 6.47. The standard InChI is InChI=1S/C15H18F3NO2/c16-15(17,18)12-6-2-1-4-10(12)11-5-3-7-13(11)19-9-8-14(20)21/h1-2,4,6,11,13,19H,3,5,7-9H2,(H,20,21). The zero-order valence-electron chi connectivity index (χ0n) is 11.5. The summed E-state index contributed by atoms with van der Waals surface area (Å²) in [7, 11) is 0. The second-order valence-corrected chi connectivity index (χ2v) is 5.33. The predicted molar refractivity (Wildman–Crippen MR) is 72.1 cm³/mol. The van der Waals surface area contributed by atoms with E-state index >= 15 is 0 Å². The predicted octanol–water partition coefficient (Wildman–Crippen LogP) is 3.41. The maximum absolute atomic E-state index is 13.1. The summed E-state index contributed by atoms with van der Waals surface area (Å²) in [6.45, 7) is 0.282. The fraction of sp³-hybridized carbons (Fsp3) is 0.533. The molecule has 116 valence electrons. The third-order valence-corrected chi connectivity index (χ3v) is 3.93. The van der Waals surface area contributed by atoms with Gasteiger partial charge in [-0.1, -0.05) is 24.6 Å². The van der Waals surface area contributed by atoms with Crippen molar-refractivity contribution < 1.29 is 23.1 Å². The van der Waals surface area contributed by atoms with E-state index in [0.29, 0.717) is 12.0 Å². The van der Waals surface area contributed by atoms with Crippen molar-refractivity contribution in [2.75, 3.05) is 6.54 Å². The lowest BCUT2D eigenvalue weighted by Gasteiger charge is -2.24. The van der Waals surface area contributed by atoms with Crippen molar-refractivity contribution in [1.82, 2.24) is 5.32 Å². The Labute approximate surface area is 121 Å². The molecule has 0 aromatic heterocycles. The molecule has 0 bridgehead atoms. The third-order valence-electron chi connectivity index (χ3n) is 3.93. The van der Waals surface area contributed by atoms with Crippen molar-refractivity contribution in [3.8, 4) is 0 Å². The first-order valence-electron chi connectivity index (χ1n) is 7.01. The van der Waals surface area contributed by atoms with Gasteiger partial charge in [0.15, 0.2) is 0 Å². The molecule has 6 heteroatoms. The first kappa shape index (κ1) is 15.8. The summed E-state index contributed by atoms with van der Waals surface area (Å²) in [4.78, 5) is 10.5. The molecule has 0 amide bonds. The van der Waals surface area contributed by atoms with E-state index < -0.39 is 17.7 Å². The number of aliphatic carboxylic acids is 1. The number of hydrogen-bond acceptors (Lipinski definition) is 2. The number of rotatable bonds is 5. The smallest absolute Gasteiger partial charge is 0.416 e. The van der Waals surface area contributed by atoms with Crippen LogP contribution in [-0.2, 0) is 11.0 Å². The highest BCUT2D eigenvalue weighted by molar-refractivity contribution is 5.66. The molecule has 2 atom stereocenters. The second-order valence-electron chi connectivity index (χ2n) is 5.33. The van der Waals surface area contributed by atoms with E-state index in [1.165, 1.54) is 12.1 Å². The minimum Gasteiger partial charge on any atom is -0.481 e. The number of carboxylic acids is 1. The van der Waals surface area contributed by atoms with Crippen molar-refractivity contribution in [1.29, 1.82) is 0 Å². The molecule has 1 aromatic carbocycles. The number of nitrogens with one attached hydrogen (secondary N) is 1. The van der Waals surface area contributed by atoms with E-state index in [0.717, 1.165) is 18.9 Å². The molecular weight excluding hydrogens is 283 g/mol. The van der Waals surface area contributed by atoms with Crippen LogP contribution in [0.2, 0.25) is 0 Å². The summed E-state index contributed by atoms with van der Waals surface area (Å²) in [6.07, 6.45) is -2.06. The van der Waals surface area contributed by atoms with Crippen molar-refractivity contribution in [3.05, 3.63) is 35.4 Å². The van der Waals surface area contributed by atoms with Crippen LogP contribution in [-0.4, -0.2) is 23.7 Å². The zero-order chi connectivity index (χ0) is 15.5. The summed E-state index contributed by atoms with van der Waals surface area (Å²) in [5.74, 6) is -1.12. The largest absolute Gasteiger partial charge is 0.481 e. The molecule has 1 fully saturated rings. The fourth-order valence-corrected chi connectivity index (χ4v) is 3.02. The van der Waals surface area contributed by atoms with Crippen molar-refractivity contribution in [2.45, 2.75) is 43.8 Å². The van der Waals surface area contributed by atoms with Crippen molar-refractivity contribution in [2.24, 2.45) is 0 Å². The van der Waals surface area contributed by atoms with Gasteiger partial charge in [0.2, 0.25) is 0 Å². The maximum atomic E-state index is 13.1. The molecule has 3 nitrogen and oxygen atoms in total. The number of benzene rings is 1. The quantitative estimate of drug-likeness (QED) is 0.876. The van der Waals surface area contributed by atoms with Gasteiger partial charge in [0.05, 0.1) is 12.0 Å². The third kappa shape index (κ3) is 3.97. The highest BCUT2D eigenvalue weighted by Crippen LogP contribution is 2.41. The first-order valence-corrected chi connectivity index (χ1v) is 7.01. The minimum atomic E-state index is -4.36. The maximum Gasteiger partial charge on any atom is 0.416 e.